The van der Waals surface area contributed by atoms with E-state index in [1.54, 1.807) is 18.2 Å². The highest BCUT2D eigenvalue weighted by Crippen LogP contribution is 2.21. The lowest BCUT2D eigenvalue weighted by Gasteiger charge is -2.28. The normalized spacial score (nSPS) is 13.9. The number of carbonyl (C=O) groups is 1. The molecule has 1 aromatic heterocycles. The van der Waals surface area contributed by atoms with Crippen LogP contribution in [0, 0.1) is 5.82 Å². The van der Waals surface area contributed by atoms with Gasteiger partial charge in [0.15, 0.2) is 5.82 Å². The lowest BCUT2D eigenvalue weighted by atomic mass is 10.2. The van der Waals surface area contributed by atoms with E-state index in [9.17, 15) is 9.18 Å². The molecule has 4 rings (SSSR count). The zero-order valence-electron chi connectivity index (χ0n) is 15.8. The highest BCUT2D eigenvalue weighted by molar-refractivity contribution is 5.93. The van der Waals surface area contributed by atoms with E-state index in [2.05, 4.69) is 20.2 Å². The molecule has 2 heterocycles. The van der Waals surface area contributed by atoms with Crippen molar-refractivity contribution in [2.24, 2.45) is 0 Å². The number of morpholine rings is 1. The van der Waals surface area contributed by atoms with Gasteiger partial charge in [-0.05, 0) is 17.7 Å². The highest BCUT2D eigenvalue weighted by Gasteiger charge is 2.18. The molecule has 0 spiro atoms. The number of amides is 1. The Bertz CT molecular complexity index is 974. The topological polar surface area (TPSA) is 67.4 Å². The van der Waals surface area contributed by atoms with Crippen molar-refractivity contribution in [2.45, 2.75) is 6.54 Å². The first-order valence-electron chi connectivity index (χ1n) is 9.49. The van der Waals surface area contributed by atoms with E-state index < -0.39 is 0 Å². The van der Waals surface area contributed by atoms with Gasteiger partial charge in [0.25, 0.3) is 5.91 Å². The Hall–Kier alpha value is -3.32. The minimum absolute atomic E-state index is 0.288. The summed E-state index contributed by atoms with van der Waals surface area (Å²) in [6, 6.07) is 17.3. The van der Waals surface area contributed by atoms with Gasteiger partial charge in [-0.25, -0.2) is 14.4 Å². The van der Waals surface area contributed by atoms with E-state index in [1.807, 2.05) is 30.3 Å². The Labute approximate surface area is 168 Å². The van der Waals surface area contributed by atoms with Crippen LogP contribution >= 0.6 is 0 Å². The fraction of sp³-hybridized carbons (Fsp3) is 0.227. The van der Waals surface area contributed by atoms with Crippen LogP contribution in [0.2, 0.25) is 0 Å². The van der Waals surface area contributed by atoms with E-state index in [0.29, 0.717) is 43.6 Å². The number of rotatable bonds is 5. The predicted molar refractivity (Wildman–Crippen MR) is 108 cm³/mol. The standard InChI is InChI=1S/C22H21FN4O2/c23-18-8-6-16(7-9-18)15-24-22(28)19-14-20(27-10-12-29-13-11-27)26-21(25-19)17-4-2-1-3-5-17/h1-9,14H,10-13,15H2,(H,24,28). The second-order valence-electron chi connectivity index (χ2n) is 6.71. The van der Waals surface area contributed by atoms with Crippen LogP contribution in [0.15, 0.2) is 60.7 Å². The molecule has 1 amide bonds. The van der Waals surface area contributed by atoms with Gasteiger partial charge in [0, 0.05) is 31.3 Å². The van der Waals surface area contributed by atoms with Gasteiger partial charge in [-0.15, -0.1) is 0 Å². The summed E-state index contributed by atoms with van der Waals surface area (Å²) >= 11 is 0. The van der Waals surface area contributed by atoms with Crippen LogP contribution < -0.4 is 10.2 Å². The molecule has 6 nitrogen and oxygen atoms in total. The summed E-state index contributed by atoms with van der Waals surface area (Å²) < 4.78 is 18.5. The van der Waals surface area contributed by atoms with Crippen LogP contribution in [-0.2, 0) is 11.3 Å². The van der Waals surface area contributed by atoms with Crippen LogP contribution in [0.25, 0.3) is 11.4 Å². The molecule has 3 aromatic rings. The molecule has 2 aromatic carbocycles. The monoisotopic (exact) mass is 392 g/mol. The summed E-state index contributed by atoms with van der Waals surface area (Å²) in [6.07, 6.45) is 0. The van der Waals surface area contributed by atoms with Gasteiger partial charge in [-0.1, -0.05) is 42.5 Å². The van der Waals surface area contributed by atoms with Crippen molar-refractivity contribution >= 4 is 11.7 Å². The van der Waals surface area contributed by atoms with Crippen molar-refractivity contribution in [3.8, 4) is 11.4 Å². The second kappa shape index (κ2) is 8.79. The van der Waals surface area contributed by atoms with Crippen molar-refractivity contribution in [1.82, 2.24) is 15.3 Å². The van der Waals surface area contributed by atoms with E-state index in [0.717, 1.165) is 11.1 Å². The largest absolute Gasteiger partial charge is 0.378 e. The maximum Gasteiger partial charge on any atom is 0.270 e. The summed E-state index contributed by atoms with van der Waals surface area (Å²) in [6.45, 7) is 2.95. The van der Waals surface area contributed by atoms with Crippen molar-refractivity contribution in [3.63, 3.8) is 0 Å². The summed E-state index contributed by atoms with van der Waals surface area (Å²) in [7, 11) is 0. The number of nitrogens with zero attached hydrogens (tertiary/aromatic N) is 3. The molecule has 1 aliphatic rings. The third-order valence-electron chi connectivity index (χ3n) is 4.68. The second-order valence-corrected chi connectivity index (χ2v) is 6.71. The molecule has 0 atom stereocenters. The quantitative estimate of drug-likeness (QED) is 0.723. The molecule has 1 saturated heterocycles. The molecule has 7 heteroatoms. The molecule has 148 valence electrons. The SMILES string of the molecule is O=C(NCc1ccc(F)cc1)c1cc(N2CCOCC2)nc(-c2ccccc2)n1. The number of benzene rings is 2. The van der Waals surface area contributed by atoms with Crippen LogP contribution in [0.5, 0.6) is 0 Å². The number of aromatic nitrogens is 2. The number of ether oxygens (including phenoxy) is 1. The lowest BCUT2D eigenvalue weighted by molar-refractivity contribution is 0.0946. The van der Waals surface area contributed by atoms with E-state index in [1.165, 1.54) is 12.1 Å². The third kappa shape index (κ3) is 4.75. The Kier molecular flexibility index (Phi) is 5.76. The molecule has 29 heavy (non-hydrogen) atoms. The first-order valence-corrected chi connectivity index (χ1v) is 9.49. The third-order valence-corrected chi connectivity index (χ3v) is 4.68. The van der Waals surface area contributed by atoms with Gasteiger partial charge in [0.2, 0.25) is 0 Å². The van der Waals surface area contributed by atoms with Gasteiger partial charge in [0.05, 0.1) is 13.2 Å². The summed E-state index contributed by atoms with van der Waals surface area (Å²) in [4.78, 5) is 24.0. The zero-order chi connectivity index (χ0) is 20.1. The summed E-state index contributed by atoms with van der Waals surface area (Å²) in [5, 5.41) is 2.85. The first kappa shape index (κ1) is 19.0. The molecule has 0 aliphatic carbocycles. The Morgan fingerprint density at radius 1 is 1.03 bits per heavy atom. The molecule has 1 fully saturated rings. The minimum atomic E-state index is -0.307. The average molecular weight is 392 g/mol. The van der Waals surface area contributed by atoms with Crippen LogP contribution in [-0.4, -0.2) is 42.2 Å². The number of hydrogen-bond donors (Lipinski definition) is 1. The Morgan fingerprint density at radius 2 is 1.76 bits per heavy atom. The van der Waals surface area contributed by atoms with Crippen molar-refractivity contribution in [3.05, 3.63) is 77.7 Å². The number of nitrogens with one attached hydrogen (secondary N) is 1. The van der Waals surface area contributed by atoms with E-state index >= 15 is 0 Å². The molecule has 1 N–H and O–H groups in total. The van der Waals surface area contributed by atoms with E-state index in [-0.39, 0.29) is 18.3 Å². The number of anilines is 1. The lowest BCUT2D eigenvalue weighted by Crippen LogP contribution is -2.37. The number of halogens is 1. The average Bonchev–Trinajstić information content (AvgIpc) is 2.79. The minimum Gasteiger partial charge on any atom is -0.378 e. The Morgan fingerprint density at radius 3 is 2.48 bits per heavy atom. The van der Waals surface area contributed by atoms with Crippen LogP contribution in [0.1, 0.15) is 16.1 Å². The van der Waals surface area contributed by atoms with Gasteiger partial charge < -0.3 is 15.0 Å². The summed E-state index contributed by atoms with van der Waals surface area (Å²) in [5.74, 6) is 0.595. The zero-order valence-corrected chi connectivity index (χ0v) is 15.8. The maximum atomic E-state index is 13.1. The van der Waals surface area contributed by atoms with Crippen molar-refractivity contribution < 1.29 is 13.9 Å². The van der Waals surface area contributed by atoms with Crippen LogP contribution in [0.4, 0.5) is 10.2 Å². The van der Waals surface area contributed by atoms with E-state index in [4.69, 9.17) is 4.74 Å². The fourth-order valence-corrected chi connectivity index (χ4v) is 3.10. The number of hydrogen-bond acceptors (Lipinski definition) is 5. The first-order chi connectivity index (χ1) is 14.2. The van der Waals surface area contributed by atoms with Gasteiger partial charge in [-0.3, -0.25) is 4.79 Å². The molecular weight excluding hydrogens is 371 g/mol. The van der Waals surface area contributed by atoms with Crippen molar-refractivity contribution in [2.75, 3.05) is 31.2 Å². The predicted octanol–water partition coefficient (Wildman–Crippen LogP) is 3.05. The molecule has 0 radical (unpaired) electrons. The maximum absolute atomic E-state index is 13.1. The smallest absolute Gasteiger partial charge is 0.270 e. The molecular formula is C22H21FN4O2. The highest BCUT2D eigenvalue weighted by atomic mass is 19.1. The van der Waals surface area contributed by atoms with Crippen molar-refractivity contribution in [1.29, 1.82) is 0 Å². The molecule has 1 aliphatic heterocycles. The fourth-order valence-electron chi connectivity index (χ4n) is 3.10. The Balaban J connectivity index is 1.60. The van der Waals surface area contributed by atoms with Gasteiger partial charge in [-0.2, -0.15) is 0 Å². The van der Waals surface area contributed by atoms with Gasteiger partial charge >= 0.3 is 0 Å². The van der Waals surface area contributed by atoms with Crippen LogP contribution in [0.3, 0.4) is 0 Å². The summed E-state index contributed by atoms with van der Waals surface area (Å²) in [5.41, 5.74) is 1.95. The molecule has 0 unspecified atom stereocenters. The molecule has 0 bridgehead atoms. The number of carbonyl (C=O) groups excluding carboxylic acids is 1. The molecule has 0 saturated carbocycles. The van der Waals surface area contributed by atoms with Gasteiger partial charge in [0.1, 0.15) is 17.3 Å².